The first-order valence-corrected chi connectivity index (χ1v) is 6.27. The second-order valence-corrected chi connectivity index (χ2v) is 4.95. The van der Waals surface area contributed by atoms with Crippen LogP contribution in [0.4, 0.5) is 0 Å². The third-order valence-corrected chi connectivity index (χ3v) is 2.55. The molecule has 1 N–H and O–H groups in total. The van der Waals surface area contributed by atoms with Gasteiger partial charge in [0.1, 0.15) is 0 Å². The Hall–Kier alpha value is -1.46. The van der Waals surface area contributed by atoms with Crippen molar-refractivity contribution in [2.45, 2.75) is 20.4 Å². The van der Waals surface area contributed by atoms with E-state index < -0.39 is 0 Å². The van der Waals surface area contributed by atoms with E-state index in [1.54, 1.807) is 17.1 Å². The van der Waals surface area contributed by atoms with E-state index in [9.17, 15) is 0 Å². The highest BCUT2D eigenvalue weighted by Crippen LogP contribution is 2.09. The molecule has 0 radical (unpaired) electrons. The van der Waals surface area contributed by atoms with E-state index in [-0.39, 0.29) is 0 Å². The number of rotatable bonds is 5. The van der Waals surface area contributed by atoms with Crippen LogP contribution < -0.4 is 5.32 Å². The lowest BCUT2D eigenvalue weighted by Gasteiger charge is -2.06. The number of nitrogens with zero attached hydrogens (tertiary/aromatic N) is 4. The van der Waals surface area contributed by atoms with Gasteiger partial charge in [0.2, 0.25) is 0 Å². The van der Waals surface area contributed by atoms with Crippen molar-refractivity contribution in [3.63, 3.8) is 0 Å². The van der Waals surface area contributed by atoms with Crippen LogP contribution in [-0.4, -0.2) is 26.5 Å². The summed E-state index contributed by atoms with van der Waals surface area (Å²) in [6.07, 6.45) is 3.27. The fourth-order valence-corrected chi connectivity index (χ4v) is 1.62. The monoisotopic (exact) mass is 265 g/mol. The van der Waals surface area contributed by atoms with E-state index in [1.165, 1.54) is 0 Å². The highest BCUT2D eigenvalue weighted by molar-refractivity contribution is 6.30. The molecule has 0 saturated carbocycles. The van der Waals surface area contributed by atoms with Crippen molar-refractivity contribution in [2.75, 3.05) is 6.54 Å². The molecule has 0 aliphatic rings. The van der Waals surface area contributed by atoms with Crippen LogP contribution in [0, 0.1) is 5.92 Å². The molecule has 6 heteroatoms. The zero-order chi connectivity index (χ0) is 13.0. The summed E-state index contributed by atoms with van der Waals surface area (Å²) in [7, 11) is 0. The van der Waals surface area contributed by atoms with E-state index in [0.29, 0.717) is 16.8 Å². The molecule has 0 aliphatic carbocycles. The van der Waals surface area contributed by atoms with Crippen LogP contribution >= 0.6 is 11.6 Å². The zero-order valence-electron chi connectivity index (χ0n) is 10.5. The van der Waals surface area contributed by atoms with Gasteiger partial charge in [-0.25, -0.2) is 4.68 Å². The first-order valence-electron chi connectivity index (χ1n) is 5.89. The molecule has 0 unspecified atom stereocenters. The lowest BCUT2D eigenvalue weighted by Crippen LogP contribution is -2.20. The molecule has 0 aliphatic heterocycles. The summed E-state index contributed by atoms with van der Waals surface area (Å²) >= 11 is 5.80. The van der Waals surface area contributed by atoms with E-state index in [1.807, 2.05) is 12.1 Å². The Labute approximate surface area is 111 Å². The summed E-state index contributed by atoms with van der Waals surface area (Å²) in [6.45, 7) is 6.04. The van der Waals surface area contributed by atoms with Gasteiger partial charge in [0.25, 0.3) is 0 Å². The fraction of sp³-hybridized carbons (Fsp3) is 0.417. The minimum Gasteiger partial charge on any atom is -0.311 e. The summed E-state index contributed by atoms with van der Waals surface area (Å²) in [4.78, 5) is 0. The van der Waals surface area contributed by atoms with Crippen molar-refractivity contribution in [3.8, 4) is 5.82 Å². The molecule has 0 atom stereocenters. The molecule has 0 saturated heterocycles. The van der Waals surface area contributed by atoms with Crippen LogP contribution in [0.3, 0.4) is 0 Å². The maximum atomic E-state index is 5.80. The van der Waals surface area contributed by atoms with Gasteiger partial charge in [-0.15, -0.1) is 5.10 Å². The summed E-state index contributed by atoms with van der Waals surface area (Å²) in [5.74, 6) is 1.29. The second kappa shape index (κ2) is 5.93. The van der Waals surface area contributed by atoms with Gasteiger partial charge in [0, 0.05) is 6.54 Å². The van der Waals surface area contributed by atoms with E-state index >= 15 is 0 Å². The number of hydrogen-bond acceptors (Lipinski definition) is 4. The Balaban J connectivity index is 1.97. The maximum Gasteiger partial charge on any atom is 0.175 e. The normalized spacial score (nSPS) is 11.1. The Morgan fingerprint density at radius 1 is 1.33 bits per heavy atom. The van der Waals surface area contributed by atoms with Crippen molar-refractivity contribution < 1.29 is 0 Å². The third-order valence-electron chi connectivity index (χ3n) is 2.35. The van der Waals surface area contributed by atoms with Crippen LogP contribution in [0.1, 0.15) is 19.5 Å². The van der Waals surface area contributed by atoms with Crippen LogP contribution in [0.25, 0.3) is 5.82 Å². The van der Waals surface area contributed by atoms with Gasteiger partial charge in [-0.2, -0.15) is 10.2 Å². The smallest absolute Gasteiger partial charge is 0.175 e. The van der Waals surface area contributed by atoms with E-state index in [2.05, 4.69) is 34.5 Å². The number of halogens is 1. The topological polar surface area (TPSA) is 55.6 Å². The minimum atomic E-state index is 0.583. The largest absolute Gasteiger partial charge is 0.311 e. The molecule has 2 rings (SSSR count). The zero-order valence-corrected chi connectivity index (χ0v) is 11.2. The molecule has 2 heterocycles. The van der Waals surface area contributed by atoms with Gasteiger partial charge in [0.15, 0.2) is 5.82 Å². The highest BCUT2D eigenvalue weighted by Gasteiger charge is 2.02. The molecule has 18 heavy (non-hydrogen) atoms. The molecule has 0 fully saturated rings. The standard InChI is InChI=1S/C12H16ClN5/c1-9(2)5-14-7-11-3-4-12(17-16-11)18-8-10(13)6-15-18/h3-4,6,8-9,14H,5,7H2,1-2H3. The first kappa shape index (κ1) is 13.0. The summed E-state index contributed by atoms with van der Waals surface area (Å²) < 4.78 is 1.60. The van der Waals surface area contributed by atoms with Gasteiger partial charge in [-0.05, 0) is 24.6 Å². The van der Waals surface area contributed by atoms with Gasteiger partial charge in [-0.1, -0.05) is 25.4 Å². The van der Waals surface area contributed by atoms with Crippen LogP contribution in [0.15, 0.2) is 24.5 Å². The molecule has 2 aromatic rings. The highest BCUT2D eigenvalue weighted by atomic mass is 35.5. The Kier molecular flexibility index (Phi) is 4.28. The lowest BCUT2D eigenvalue weighted by molar-refractivity contribution is 0.545. The number of aromatic nitrogens is 4. The van der Waals surface area contributed by atoms with Crippen LogP contribution in [0.2, 0.25) is 5.02 Å². The van der Waals surface area contributed by atoms with Crippen molar-refractivity contribution in [3.05, 3.63) is 35.2 Å². The summed E-state index contributed by atoms with van der Waals surface area (Å²) in [5, 5.41) is 16.2. The molecule has 96 valence electrons. The molecule has 0 spiro atoms. The molecule has 0 amide bonds. The average molecular weight is 266 g/mol. The minimum absolute atomic E-state index is 0.583. The average Bonchev–Trinajstić information content (AvgIpc) is 2.76. The van der Waals surface area contributed by atoms with Crippen LogP contribution in [0.5, 0.6) is 0 Å². The molecule has 0 aromatic carbocycles. The maximum absolute atomic E-state index is 5.80. The molecular formula is C12H16ClN5. The predicted octanol–water partition coefficient (Wildman–Crippen LogP) is 2.06. The van der Waals surface area contributed by atoms with Crippen molar-refractivity contribution >= 4 is 11.6 Å². The third kappa shape index (κ3) is 3.51. The van der Waals surface area contributed by atoms with Gasteiger partial charge in [-0.3, -0.25) is 0 Å². The molecular weight excluding hydrogens is 250 g/mol. The predicted molar refractivity (Wildman–Crippen MR) is 70.7 cm³/mol. The quantitative estimate of drug-likeness (QED) is 0.899. The Bertz CT molecular complexity index is 491. The Morgan fingerprint density at radius 2 is 2.17 bits per heavy atom. The number of nitrogens with one attached hydrogen (secondary N) is 1. The van der Waals surface area contributed by atoms with Gasteiger partial charge < -0.3 is 5.32 Å². The summed E-state index contributed by atoms with van der Waals surface area (Å²) in [5.41, 5.74) is 0.914. The molecule has 0 bridgehead atoms. The van der Waals surface area contributed by atoms with Crippen molar-refractivity contribution in [1.29, 1.82) is 0 Å². The molecule has 5 nitrogen and oxygen atoms in total. The SMILES string of the molecule is CC(C)CNCc1ccc(-n2cc(Cl)cn2)nn1. The second-order valence-electron chi connectivity index (χ2n) is 4.51. The van der Waals surface area contributed by atoms with E-state index in [4.69, 9.17) is 11.6 Å². The fourth-order valence-electron chi connectivity index (χ4n) is 1.48. The van der Waals surface area contributed by atoms with Crippen LogP contribution in [-0.2, 0) is 6.54 Å². The lowest BCUT2D eigenvalue weighted by atomic mass is 10.2. The van der Waals surface area contributed by atoms with Gasteiger partial charge in [0.05, 0.1) is 23.1 Å². The number of hydrogen-bond donors (Lipinski definition) is 1. The van der Waals surface area contributed by atoms with Crippen molar-refractivity contribution in [2.24, 2.45) is 5.92 Å². The van der Waals surface area contributed by atoms with E-state index in [0.717, 1.165) is 18.8 Å². The Morgan fingerprint density at radius 3 is 2.72 bits per heavy atom. The molecule has 2 aromatic heterocycles. The summed E-state index contributed by atoms with van der Waals surface area (Å²) in [6, 6.07) is 3.81. The van der Waals surface area contributed by atoms with Crippen molar-refractivity contribution in [1.82, 2.24) is 25.3 Å². The van der Waals surface area contributed by atoms with Gasteiger partial charge >= 0.3 is 0 Å². The first-order chi connectivity index (χ1) is 8.65.